The topological polar surface area (TPSA) is 93.2 Å². The molecule has 29 heavy (non-hydrogen) atoms. The van der Waals surface area contributed by atoms with Gasteiger partial charge in [-0.15, -0.1) is 0 Å². The van der Waals surface area contributed by atoms with Crippen molar-refractivity contribution in [3.8, 4) is 0 Å². The molecule has 0 aliphatic carbocycles. The number of hydrogen-bond donors (Lipinski definition) is 0. The minimum Gasteiger partial charge on any atom is -0.443 e. The van der Waals surface area contributed by atoms with Crippen molar-refractivity contribution in [2.45, 2.75) is 31.7 Å². The van der Waals surface area contributed by atoms with Crippen LogP contribution in [0.25, 0.3) is 0 Å². The highest BCUT2D eigenvalue weighted by Gasteiger charge is 2.46. The van der Waals surface area contributed by atoms with E-state index >= 15 is 0 Å². The van der Waals surface area contributed by atoms with Gasteiger partial charge in [0.2, 0.25) is 0 Å². The molecule has 8 nitrogen and oxygen atoms in total. The number of aldehydes is 2. The molecule has 0 aromatic heterocycles. The Balaban J connectivity index is 1.72. The van der Waals surface area contributed by atoms with Crippen molar-refractivity contribution >= 4 is 24.8 Å². The lowest BCUT2D eigenvalue weighted by molar-refractivity contribution is -0.117. The van der Waals surface area contributed by atoms with Gasteiger partial charge >= 0.3 is 12.2 Å². The molecule has 3 rings (SSSR count). The average molecular weight is 396 g/mol. The molecule has 1 fully saturated rings. The van der Waals surface area contributed by atoms with Gasteiger partial charge in [0.1, 0.15) is 37.9 Å². The van der Waals surface area contributed by atoms with Crippen LogP contribution in [-0.2, 0) is 32.3 Å². The lowest BCUT2D eigenvalue weighted by atomic mass is 10.1. The van der Waals surface area contributed by atoms with E-state index in [2.05, 4.69) is 0 Å². The van der Waals surface area contributed by atoms with Gasteiger partial charge in [0, 0.05) is 6.42 Å². The Bertz CT molecular complexity index is 786. The minimum atomic E-state index is -1.00. The highest BCUT2D eigenvalue weighted by molar-refractivity contribution is 5.82. The van der Waals surface area contributed by atoms with Crippen LogP contribution in [0.5, 0.6) is 0 Å². The van der Waals surface area contributed by atoms with Gasteiger partial charge in [0.15, 0.2) is 0 Å². The molecular weight excluding hydrogens is 376 g/mol. The molecule has 1 saturated heterocycles. The summed E-state index contributed by atoms with van der Waals surface area (Å²) < 4.78 is 10.5. The molecule has 150 valence electrons. The minimum absolute atomic E-state index is 0.0200. The Labute approximate surface area is 167 Å². The number of nitrogens with zero attached hydrogens (tertiary/aromatic N) is 2. The van der Waals surface area contributed by atoms with Crippen LogP contribution >= 0.6 is 0 Å². The van der Waals surface area contributed by atoms with Crippen LogP contribution in [0.3, 0.4) is 0 Å². The zero-order valence-electron chi connectivity index (χ0n) is 15.5. The number of rotatable bonds is 6. The molecule has 0 saturated carbocycles. The van der Waals surface area contributed by atoms with Crippen LogP contribution in [0.1, 0.15) is 17.5 Å². The fourth-order valence-corrected chi connectivity index (χ4v) is 3.01. The predicted octanol–water partition coefficient (Wildman–Crippen LogP) is 2.72. The number of carbonyl (C=O) groups is 4. The third-order valence-electron chi connectivity index (χ3n) is 4.44. The highest BCUT2D eigenvalue weighted by atomic mass is 16.6. The van der Waals surface area contributed by atoms with Crippen molar-refractivity contribution in [2.75, 3.05) is 0 Å². The van der Waals surface area contributed by atoms with E-state index < -0.39 is 24.3 Å². The first-order valence-electron chi connectivity index (χ1n) is 9.04. The van der Waals surface area contributed by atoms with Gasteiger partial charge in [-0.25, -0.2) is 19.6 Å². The summed E-state index contributed by atoms with van der Waals surface area (Å²) in [6.45, 7) is -0.0825. The Kier molecular flexibility index (Phi) is 6.57. The normalized spacial score (nSPS) is 18.2. The predicted molar refractivity (Wildman–Crippen MR) is 101 cm³/mol. The smallest absolute Gasteiger partial charge is 0.430 e. The summed E-state index contributed by atoms with van der Waals surface area (Å²) in [4.78, 5) is 48.2. The van der Waals surface area contributed by atoms with Gasteiger partial charge in [0.25, 0.3) is 0 Å². The first kappa shape index (κ1) is 20.1. The molecule has 2 aromatic rings. The van der Waals surface area contributed by atoms with Gasteiger partial charge in [-0.05, 0) is 11.1 Å². The molecule has 8 heteroatoms. The molecule has 1 heterocycles. The molecule has 2 unspecified atom stereocenters. The van der Waals surface area contributed by atoms with Crippen molar-refractivity contribution < 1.29 is 28.7 Å². The SMILES string of the molecule is O=CC1CC(C=O)N(C(=O)OCc2ccccc2)N1C(=O)OCc1ccccc1. The van der Waals surface area contributed by atoms with Crippen LogP contribution in [-0.4, -0.2) is 46.9 Å². The van der Waals surface area contributed by atoms with Gasteiger partial charge < -0.3 is 19.1 Å². The van der Waals surface area contributed by atoms with Gasteiger partial charge in [-0.1, -0.05) is 60.7 Å². The Morgan fingerprint density at radius 2 is 1.14 bits per heavy atom. The van der Waals surface area contributed by atoms with Gasteiger partial charge in [0.05, 0.1) is 0 Å². The highest BCUT2D eigenvalue weighted by Crippen LogP contribution is 2.25. The van der Waals surface area contributed by atoms with E-state index in [0.29, 0.717) is 12.6 Å². The van der Waals surface area contributed by atoms with E-state index in [9.17, 15) is 19.2 Å². The van der Waals surface area contributed by atoms with E-state index in [-0.39, 0.29) is 19.6 Å². The largest absolute Gasteiger partial charge is 0.443 e. The molecule has 1 aliphatic rings. The summed E-state index contributed by atoms with van der Waals surface area (Å²) >= 11 is 0. The number of ether oxygens (including phenoxy) is 2. The van der Waals surface area contributed by atoms with E-state index in [1.165, 1.54) is 0 Å². The first-order chi connectivity index (χ1) is 14.1. The Hall–Kier alpha value is -3.68. The molecule has 0 bridgehead atoms. The van der Waals surface area contributed by atoms with Gasteiger partial charge in [-0.2, -0.15) is 0 Å². The number of carbonyl (C=O) groups excluding carboxylic acids is 4. The van der Waals surface area contributed by atoms with Crippen molar-refractivity contribution in [2.24, 2.45) is 0 Å². The summed E-state index contributed by atoms with van der Waals surface area (Å²) in [5.41, 5.74) is 1.49. The monoisotopic (exact) mass is 396 g/mol. The van der Waals surface area contributed by atoms with Crippen molar-refractivity contribution in [3.05, 3.63) is 71.8 Å². The zero-order chi connectivity index (χ0) is 20.6. The van der Waals surface area contributed by atoms with E-state index in [1.807, 2.05) is 12.1 Å². The van der Waals surface area contributed by atoms with E-state index in [1.54, 1.807) is 48.5 Å². The number of hydrazine groups is 1. The third-order valence-corrected chi connectivity index (χ3v) is 4.44. The van der Waals surface area contributed by atoms with Crippen molar-refractivity contribution in [1.82, 2.24) is 10.0 Å². The molecule has 0 spiro atoms. The summed E-state index contributed by atoms with van der Waals surface area (Å²) in [7, 11) is 0. The van der Waals surface area contributed by atoms with Gasteiger partial charge in [-0.3, -0.25) is 0 Å². The maximum absolute atomic E-state index is 12.6. The molecular formula is C21H20N2O6. The lowest BCUT2D eigenvalue weighted by Crippen LogP contribution is -2.51. The molecule has 0 radical (unpaired) electrons. The van der Waals surface area contributed by atoms with Crippen molar-refractivity contribution in [1.29, 1.82) is 0 Å². The summed E-state index contributed by atoms with van der Waals surface area (Å²) in [6, 6.07) is 15.9. The van der Waals surface area contributed by atoms with Crippen LogP contribution < -0.4 is 0 Å². The van der Waals surface area contributed by atoms with Crippen LogP contribution in [0.4, 0.5) is 9.59 Å². The summed E-state index contributed by atoms with van der Waals surface area (Å²) in [5.74, 6) is 0. The van der Waals surface area contributed by atoms with Crippen LogP contribution in [0.2, 0.25) is 0 Å². The molecule has 2 aromatic carbocycles. The molecule has 2 amide bonds. The first-order valence-corrected chi connectivity index (χ1v) is 9.04. The summed E-state index contributed by atoms with van der Waals surface area (Å²) in [5, 5.41) is 1.70. The van der Waals surface area contributed by atoms with E-state index in [0.717, 1.165) is 21.1 Å². The third kappa shape index (κ3) is 4.78. The molecule has 2 atom stereocenters. The fraction of sp³-hybridized carbons (Fsp3) is 0.238. The number of benzene rings is 2. The number of amides is 2. The number of hydrogen-bond acceptors (Lipinski definition) is 6. The Morgan fingerprint density at radius 3 is 1.48 bits per heavy atom. The van der Waals surface area contributed by atoms with Crippen LogP contribution in [0.15, 0.2) is 60.7 Å². The quantitative estimate of drug-likeness (QED) is 0.697. The fourth-order valence-electron chi connectivity index (χ4n) is 3.01. The molecule has 1 aliphatic heterocycles. The second kappa shape index (κ2) is 9.50. The maximum Gasteiger partial charge on any atom is 0.430 e. The zero-order valence-corrected chi connectivity index (χ0v) is 15.5. The lowest BCUT2D eigenvalue weighted by Gasteiger charge is -2.30. The van der Waals surface area contributed by atoms with Crippen LogP contribution in [0, 0.1) is 0 Å². The Morgan fingerprint density at radius 1 is 0.759 bits per heavy atom. The average Bonchev–Trinajstić information content (AvgIpc) is 3.16. The summed E-state index contributed by atoms with van der Waals surface area (Å²) in [6.07, 6.45) is -0.831. The second-order valence-corrected chi connectivity index (χ2v) is 6.41. The standard InChI is InChI=1S/C21H20N2O6/c24-12-18-11-19(13-25)23(21(27)29-15-17-9-5-2-6-10-17)22(18)20(26)28-14-16-7-3-1-4-8-16/h1-10,12-13,18-19H,11,14-15H2. The van der Waals surface area contributed by atoms with E-state index in [4.69, 9.17) is 9.47 Å². The second-order valence-electron chi connectivity index (χ2n) is 6.41. The van der Waals surface area contributed by atoms with Crippen molar-refractivity contribution in [3.63, 3.8) is 0 Å². The molecule has 0 N–H and O–H groups in total. The maximum atomic E-state index is 12.6.